The number of benzene rings is 2. The van der Waals surface area contributed by atoms with Crippen molar-refractivity contribution in [3.05, 3.63) is 59.8 Å². The number of nitrogens with zero attached hydrogens (tertiary/aromatic N) is 1. The van der Waals surface area contributed by atoms with Crippen LogP contribution in [0.4, 0.5) is 13.2 Å². The number of aliphatic carboxylic acids is 1. The molecule has 1 heterocycles. The first kappa shape index (κ1) is 22.1. The highest BCUT2D eigenvalue weighted by Crippen LogP contribution is 2.40. The molecule has 1 aromatic heterocycles. The molecule has 0 bridgehead atoms. The van der Waals surface area contributed by atoms with E-state index in [4.69, 9.17) is 0 Å². The molecule has 1 N–H and O–H groups in total. The van der Waals surface area contributed by atoms with Crippen LogP contribution < -0.4 is 0 Å². The first-order valence-electron chi connectivity index (χ1n) is 10.8. The summed E-state index contributed by atoms with van der Waals surface area (Å²) in [4.78, 5) is 23.9. The molecule has 2 aromatic carbocycles. The Hall–Kier alpha value is -3.09. The van der Waals surface area contributed by atoms with Crippen molar-refractivity contribution in [3.63, 3.8) is 0 Å². The van der Waals surface area contributed by atoms with Crippen LogP contribution in [0.2, 0.25) is 0 Å². The van der Waals surface area contributed by atoms with E-state index in [9.17, 15) is 27.9 Å². The van der Waals surface area contributed by atoms with Gasteiger partial charge in [0.2, 0.25) is 0 Å². The average Bonchev–Trinajstić information content (AvgIpc) is 3.42. The number of carbonyl (C=O) groups is 2. The average molecular weight is 443 g/mol. The highest BCUT2D eigenvalue weighted by atomic mass is 19.4. The van der Waals surface area contributed by atoms with E-state index in [-0.39, 0.29) is 11.6 Å². The maximum absolute atomic E-state index is 12.9. The van der Waals surface area contributed by atoms with Gasteiger partial charge in [-0.05, 0) is 60.6 Å². The molecule has 0 radical (unpaired) electrons. The van der Waals surface area contributed by atoms with E-state index in [0.29, 0.717) is 22.4 Å². The Morgan fingerprint density at radius 2 is 1.69 bits per heavy atom. The van der Waals surface area contributed by atoms with Crippen LogP contribution in [0.15, 0.2) is 48.7 Å². The highest BCUT2D eigenvalue weighted by molar-refractivity contribution is 6.42. The first-order valence-corrected chi connectivity index (χ1v) is 10.8. The Bertz CT molecular complexity index is 1160. The number of rotatable bonds is 6. The van der Waals surface area contributed by atoms with Crippen LogP contribution in [0.1, 0.15) is 61.0 Å². The zero-order valence-electron chi connectivity index (χ0n) is 17.7. The van der Waals surface area contributed by atoms with Crippen molar-refractivity contribution >= 4 is 22.7 Å². The second kappa shape index (κ2) is 8.45. The van der Waals surface area contributed by atoms with Gasteiger partial charge >= 0.3 is 12.1 Å². The van der Waals surface area contributed by atoms with Crippen LogP contribution in [0.3, 0.4) is 0 Å². The van der Waals surface area contributed by atoms with Crippen molar-refractivity contribution in [1.29, 1.82) is 0 Å². The number of aromatic nitrogens is 1. The zero-order chi connectivity index (χ0) is 23.0. The topological polar surface area (TPSA) is 59.3 Å². The SMILES string of the molecule is CCC(C1CCCC1)n1cc(C(=O)C(=O)O)c2cc(-c3ccc(C(F)(F)F)cc3)ccc21. The summed E-state index contributed by atoms with van der Waals surface area (Å²) in [6, 6.07) is 10.3. The summed E-state index contributed by atoms with van der Waals surface area (Å²) >= 11 is 0. The summed E-state index contributed by atoms with van der Waals surface area (Å²) < 4.78 is 40.7. The lowest BCUT2D eigenvalue weighted by Gasteiger charge is -2.25. The van der Waals surface area contributed by atoms with Crippen molar-refractivity contribution in [2.45, 2.75) is 51.2 Å². The third-order valence-electron chi connectivity index (χ3n) is 6.54. The van der Waals surface area contributed by atoms with Gasteiger partial charge in [-0.1, -0.05) is 38.0 Å². The van der Waals surface area contributed by atoms with Crippen LogP contribution in [0.5, 0.6) is 0 Å². The van der Waals surface area contributed by atoms with Crippen molar-refractivity contribution in [1.82, 2.24) is 4.57 Å². The van der Waals surface area contributed by atoms with Crippen molar-refractivity contribution in [2.24, 2.45) is 5.92 Å². The Kier molecular flexibility index (Phi) is 5.84. The van der Waals surface area contributed by atoms with Crippen LogP contribution in [-0.4, -0.2) is 21.4 Å². The fourth-order valence-electron chi connectivity index (χ4n) is 4.96. The van der Waals surface area contributed by atoms with E-state index in [2.05, 4.69) is 6.92 Å². The number of hydrogen-bond acceptors (Lipinski definition) is 2. The highest BCUT2D eigenvalue weighted by Gasteiger charge is 2.31. The zero-order valence-corrected chi connectivity index (χ0v) is 17.7. The second-order valence-corrected chi connectivity index (χ2v) is 8.41. The number of carbonyl (C=O) groups excluding carboxylic acids is 1. The van der Waals surface area contributed by atoms with E-state index in [1.807, 2.05) is 10.6 Å². The third-order valence-corrected chi connectivity index (χ3v) is 6.54. The second-order valence-electron chi connectivity index (χ2n) is 8.41. The number of Topliss-reactive ketones (excluding diaryl/α,β-unsaturated/α-hetero) is 1. The predicted molar refractivity (Wildman–Crippen MR) is 116 cm³/mol. The van der Waals surface area contributed by atoms with Crippen LogP contribution in [0.25, 0.3) is 22.0 Å². The standard InChI is InChI=1S/C25H24F3NO3/c1-2-21(16-5-3-4-6-16)29-14-20(23(30)24(31)32)19-13-17(9-12-22(19)29)15-7-10-18(11-8-15)25(26,27)28/h7-14,16,21H,2-6H2,1H3,(H,31,32). The molecule has 0 saturated heterocycles. The van der Waals surface area contributed by atoms with Crippen molar-refractivity contribution in [2.75, 3.05) is 0 Å². The molecule has 7 heteroatoms. The fourth-order valence-corrected chi connectivity index (χ4v) is 4.96. The Morgan fingerprint density at radius 1 is 1.06 bits per heavy atom. The van der Waals surface area contributed by atoms with Gasteiger partial charge in [0.1, 0.15) is 0 Å². The summed E-state index contributed by atoms with van der Waals surface area (Å²) in [5, 5.41) is 9.85. The largest absolute Gasteiger partial charge is 0.475 e. The minimum Gasteiger partial charge on any atom is -0.475 e. The fraction of sp³-hybridized carbons (Fsp3) is 0.360. The van der Waals surface area contributed by atoms with Gasteiger partial charge in [0, 0.05) is 23.1 Å². The molecule has 4 rings (SSSR count). The molecule has 0 aliphatic heterocycles. The Labute approximate surface area is 183 Å². The normalized spacial score (nSPS) is 15.9. The quantitative estimate of drug-likeness (QED) is 0.339. The molecule has 1 aliphatic rings. The summed E-state index contributed by atoms with van der Waals surface area (Å²) in [6.07, 6.45) is 2.61. The summed E-state index contributed by atoms with van der Waals surface area (Å²) in [7, 11) is 0. The molecule has 0 amide bonds. The van der Waals surface area contributed by atoms with E-state index in [1.165, 1.54) is 25.0 Å². The number of carboxylic acid groups (broad SMARTS) is 1. The van der Waals surface area contributed by atoms with Gasteiger partial charge in [0.05, 0.1) is 11.1 Å². The van der Waals surface area contributed by atoms with Crippen LogP contribution >= 0.6 is 0 Å². The Balaban J connectivity index is 1.83. The molecule has 32 heavy (non-hydrogen) atoms. The lowest BCUT2D eigenvalue weighted by atomic mass is 9.95. The number of ketones is 1. The van der Waals surface area contributed by atoms with Gasteiger partial charge in [0.15, 0.2) is 0 Å². The molecule has 3 aromatic rings. The first-order chi connectivity index (χ1) is 15.2. The van der Waals surface area contributed by atoms with E-state index < -0.39 is 23.5 Å². The lowest BCUT2D eigenvalue weighted by Crippen LogP contribution is -2.16. The molecule has 4 nitrogen and oxygen atoms in total. The van der Waals surface area contributed by atoms with Crippen molar-refractivity contribution in [3.8, 4) is 11.1 Å². The van der Waals surface area contributed by atoms with Gasteiger partial charge in [-0.25, -0.2) is 4.79 Å². The smallest absolute Gasteiger partial charge is 0.416 e. The van der Waals surface area contributed by atoms with Gasteiger partial charge in [-0.2, -0.15) is 13.2 Å². The summed E-state index contributed by atoms with van der Waals surface area (Å²) in [5.74, 6) is -2.05. The van der Waals surface area contributed by atoms with E-state index in [0.717, 1.165) is 36.9 Å². The molecule has 168 valence electrons. The summed E-state index contributed by atoms with van der Waals surface area (Å²) in [6.45, 7) is 2.09. The Morgan fingerprint density at radius 3 is 2.25 bits per heavy atom. The number of fused-ring (bicyclic) bond motifs is 1. The monoisotopic (exact) mass is 443 g/mol. The molecular formula is C25H24F3NO3. The number of carboxylic acids is 1. The minimum atomic E-state index is -4.42. The molecule has 1 fully saturated rings. The molecule has 1 unspecified atom stereocenters. The number of hydrogen-bond donors (Lipinski definition) is 1. The molecule has 1 saturated carbocycles. The predicted octanol–water partition coefficient (Wildman–Crippen LogP) is 6.74. The molecule has 1 aliphatic carbocycles. The lowest BCUT2D eigenvalue weighted by molar-refractivity contribution is -0.137. The van der Waals surface area contributed by atoms with E-state index in [1.54, 1.807) is 18.3 Å². The number of alkyl halides is 3. The van der Waals surface area contributed by atoms with Crippen LogP contribution in [-0.2, 0) is 11.0 Å². The maximum Gasteiger partial charge on any atom is 0.416 e. The van der Waals surface area contributed by atoms with E-state index >= 15 is 0 Å². The maximum atomic E-state index is 12.9. The van der Waals surface area contributed by atoms with Gasteiger partial charge < -0.3 is 9.67 Å². The van der Waals surface area contributed by atoms with Gasteiger partial charge in [-0.3, -0.25) is 4.79 Å². The number of halogens is 3. The minimum absolute atomic E-state index is 0.109. The van der Waals surface area contributed by atoms with Crippen LogP contribution in [0, 0.1) is 5.92 Å². The molecular weight excluding hydrogens is 419 g/mol. The molecule has 0 spiro atoms. The summed E-state index contributed by atoms with van der Waals surface area (Å²) in [5.41, 5.74) is 1.32. The molecule has 1 atom stereocenters. The third kappa shape index (κ3) is 4.04. The van der Waals surface area contributed by atoms with Crippen molar-refractivity contribution < 1.29 is 27.9 Å². The van der Waals surface area contributed by atoms with Gasteiger partial charge in [0.25, 0.3) is 5.78 Å². The van der Waals surface area contributed by atoms with Gasteiger partial charge in [-0.15, -0.1) is 0 Å².